The number of carbonyl (C=O) groups is 1. The van der Waals surface area contributed by atoms with Crippen LogP contribution in [0.25, 0.3) is 16.3 Å². The molecule has 2 aromatic carbocycles. The summed E-state index contributed by atoms with van der Waals surface area (Å²) in [5, 5.41) is 3.84. The van der Waals surface area contributed by atoms with Gasteiger partial charge in [-0.25, -0.2) is 4.98 Å². The van der Waals surface area contributed by atoms with Gasteiger partial charge < -0.3 is 10.2 Å². The molecular formula is C22H25N3OS. The molecule has 27 heavy (non-hydrogen) atoms. The number of aromatic nitrogens is 1. The molecule has 0 radical (unpaired) electrons. The topological polar surface area (TPSA) is 45.2 Å². The van der Waals surface area contributed by atoms with Crippen LogP contribution in [0.2, 0.25) is 0 Å². The number of thiazole rings is 1. The van der Waals surface area contributed by atoms with E-state index >= 15 is 0 Å². The fraction of sp³-hybridized carbons (Fsp3) is 0.273. The van der Waals surface area contributed by atoms with E-state index in [0.29, 0.717) is 6.54 Å². The van der Waals surface area contributed by atoms with E-state index in [0.717, 1.165) is 21.6 Å². The highest BCUT2D eigenvalue weighted by atomic mass is 32.1. The molecule has 0 saturated carbocycles. The summed E-state index contributed by atoms with van der Waals surface area (Å²) in [5.41, 5.74) is 3.48. The van der Waals surface area contributed by atoms with Gasteiger partial charge in [-0.15, -0.1) is 11.3 Å². The number of rotatable bonds is 7. The van der Waals surface area contributed by atoms with E-state index in [1.807, 2.05) is 38.4 Å². The van der Waals surface area contributed by atoms with Crippen molar-refractivity contribution in [3.05, 3.63) is 70.7 Å². The Morgan fingerprint density at radius 3 is 2.59 bits per heavy atom. The highest BCUT2D eigenvalue weighted by molar-refractivity contribution is 7.19. The molecule has 0 spiro atoms. The maximum Gasteiger partial charge on any atom is 0.244 e. The van der Waals surface area contributed by atoms with Crippen LogP contribution in [0.4, 0.5) is 0 Å². The number of nitrogens with zero attached hydrogens (tertiary/aromatic N) is 2. The Morgan fingerprint density at radius 2 is 1.93 bits per heavy atom. The minimum Gasteiger partial charge on any atom is -0.351 e. The summed E-state index contributed by atoms with van der Waals surface area (Å²) in [7, 11) is 4.06. The van der Waals surface area contributed by atoms with Gasteiger partial charge >= 0.3 is 0 Å². The molecule has 1 N–H and O–H groups in total. The van der Waals surface area contributed by atoms with Crippen molar-refractivity contribution in [2.45, 2.75) is 19.4 Å². The van der Waals surface area contributed by atoms with Gasteiger partial charge in [0.05, 0.1) is 16.3 Å². The third kappa shape index (κ3) is 5.02. The molecule has 5 heteroatoms. The lowest BCUT2D eigenvalue weighted by Gasteiger charge is -2.25. The minimum atomic E-state index is -0.105. The van der Waals surface area contributed by atoms with Gasteiger partial charge in [-0.05, 0) is 49.9 Å². The summed E-state index contributed by atoms with van der Waals surface area (Å²) < 4.78 is 1.13. The lowest BCUT2D eigenvalue weighted by molar-refractivity contribution is -0.116. The molecule has 1 unspecified atom stereocenters. The molecule has 1 heterocycles. The van der Waals surface area contributed by atoms with Crippen LogP contribution in [-0.4, -0.2) is 36.4 Å². The van der Waals surface area contributed by atoms with Gasteiger partial charge in [0, 0.05) is 12.6 Å². The lowest BCUT2D eigenvalue weighted by Crippen LogP contribution is -2.33. The molecule has 0 fully saturated rings. The molecule has 3 rings (SSSR count). The summed E-state index contributed by atoms with van der Waals surface area (Å²) in [5.74, 6) is -0.105. The van der Waals surface area contributed by atoms with Gasteiger partial charge in [0.1, 0.15) is 5.01 Å². The largest absolute Gasteiger partial charge is 0.351 e. The average molecular weight is 380 g/mol. The van der Waals surface area contributed by atoms with Crippen LogP contribution < -0.4 is 5.32 Å². The van der Waals surface area contributed by atoms with Gasteiger partial charge in [0.25, 0.3) is 0 Å². The summed E-state index contributed by atoms with van der Waals surface area (Å²) in [6.07, 6.45) is 4.37. The Hall–Kier alpha value is -2.50. The third-order valence-corrected chi connectivity index (χ3v) is 5.56. The van der Waals surface area contributed by atoms with Gasteiger partial charge in [0.2, 0.25) is 5.91 Å². The van der Waals surface area contributed by atoms with Crippen molar-refractivity contribution in [1.29, 1.82) is 0 Å². The first kappa shape index (κ1) is 19.3. The van der Waals surface area contributed by atoms with Crippen molar-refractivity contribution in [2.75, 3.05) is 20.6 Å². The quantitative estimate of drug-likeness (QED) is 0.623. The van der Waals surface area contributed by atoms with Crippen molar-refractivity contribution in [1.82, 2.24) is 15.2 Å². The van der Waals surface area contributed by atoms with Gasteiger partial charge in [-0.2, -0.15) is 0 Å². The molecule has 1 amide bonds. The fourth-order valence-electron chi connectivity index (χ4n) is 2.94. The predicted octanol–water partition coefficient (Wildman–Crippen LogP) is 4.29. The number of para-hydroxylation sites is 1. The molecule has 0 bridgehead atoms. The van der Waals surface area contributed by atoms with Crippen molar-refractivity contribution in [3.8, 4) is 0 Å². The minimum absolute atomic E-state index is 0.105. The maximum absolute atomic E-state index is 12.3. The number of benzene rings is 2. The summed E-state index contributed by atoms with van der Waals surface area (Å²) in [6.45, 7) is 2.71. The molecule has 0 aliphatic carbocycles. The molecule has 1 aromatic heterocycles. The molecule has 3 aromatic rings. The van der Waals surface area contributed by atoms with Gasteiger partial charge in [-0.1, -0.05) is 43.3 Å². The number of hydrogen-bond acceptors (Lipinski definition) is 4. The third-order valence-electron chi connectivity index (χ3n) is 4.55. The molecule has 4 nitrogen and oxygen atoms in total. The molecule has 0 aliphatic heterocycles. The van der Waals surface area contributed by atoms with E-state index in [1.165, 1.54) is 11.1 Å². The van der Waals surface area contributed by atoms with Gasteiger partial charge in [-0.3, -0.25) is 4.79 Å². The summed E-state index contributed by atoms with van der Waals surface area (Å²) in [6, 6.07) is 16.7. The standard InChI is InChI=1S/C22H25N3OS/c1-4-16-9-11-17(12-10-16)19(25(2)3)15-23-21(26)13-14-22-24-18-7-5-6-8-20(18)27-22/h5-14,19H,4,15H2,1-3H3,(H,23,26)/b14-13+. The smallest absolute Gasteiger partial charge is 0.244 e. The molecule has 0 saturated heterocycles. The van der Waals surface area contributed by atoms with Crippen LogP contribution in [0, 0.1) is 0 Å². The monoisotopic (exact) mass is 379 g/mol. The number of fused-ring (bicyclic) bond motifs is 1. The van der Waals surface area contributed by atoms with Crippen LogP contribution in [-0.2, 0) is 11.2 Å². The highest BCUT2D eigenvalue weighted by Crippen LogP contribution is 2.22. The van der Waals surface area contributed by atoms with Crippen LogP contribution in [0.1, 0.15) is 29.1 Å². The number of amides is 1. The molecule has 140 valence electrons. The first-order valence-corrected chi connectivity index (χ1v) is 9.95. The number of carbonyl (C=O) groups excluding carboxylic acids is 1. The Bertz CT molecular complexity index is 895. The second-order valence-electron chi connectivity index (χ2n) is 6.67. The van der Waals surface area contributed by atoms with E-state index in [1.54, 1.807) is 23.5 Å². The Kier molecular flexibility index (Phi) is 6.37. The maximum atomic E-state index is 12.3. The average Bonchev–Trinajstić information content (AvgIpc) is 3.10. The van der Waals surface area contributed by atoms with Crippen molar-refractivity contribution >= 4 is 33.5 Å². The van der Waals surface area contributed by atoms with Crippen molar-refractivity contribution in [2.24, 2.45) is 0 Å². The Balaban J connectivity index is 1.61. The zero-order chi connectivity index (χ0) is 19.2. The predicted molar refractivity (Wildman–Crippen MR) is 114 cm³/mol. The lowest BCUT2D eigenvalue weighted by atomic mass is 10.0. The molecule has 0 aliphatic rings. The van der Waals surface area contributed by atoms with Crippen molar-refractivity contribution in [3.63, 3.8) is 0 Å². The normalized spacial score (nSPS) is 12.7. The Labute approximate surface area is 164 Å². The molecular weight excluding hydrogens is 354 g/mol. The zero-order valence-corrected chi connectivity index (χ0v) is 16.8. The van der Waals surface area contributed by atoms with Crippen molar-refractivity contribution < 1.29 is 4.79 Å². The first-order valence-electron chi connectivity index (χ1n) is 9.13. The van der Waals surface area contributed by atoms with E-state index in [2.05, 4.69) is 46.4 Å². The Morgan fingerprint density at radius 1 is 1.19 bits per heavy atom. The number of aryl methyl sites for hydroxylation is 1. The number of likely N-dealkylation sites (N-methyl/N-ethyl adjacent to an activating group) is 1. The van der Waals surface area contributed by atoms with E-state index in [9.17, 15) is 4.79 Å². The first-order chi connectivity index (χ1) is 13.1. The van der Waals surface area contributed by atoms with Gasteiger partial charge in [0.15, 0.2) is 0 Å². The van der Waals surface area contributed by atoms with E-state index in [-0.39, 0.29) is 11.9 Å². The number of hydrogen-bond donors (Lipinski definition) is 1. The van der Waals surface area contributed by atoms with Crippen LogP contribution in [0.15, 0.2) is 54.6 Å². The zero-order valence-electron chi connectivity index (χ0n) is 16.0. The van der Waals surface area contributed by atoms with Crippen LogP contribution in [0.3, 0.4) is 0 Å². The molecule has 1 atom stereocenters. The second-order valence-corrected chi connectivity index (χ2v) is 7.74. The summed E-state index contributed by atoms with van der Waals surface area (Å²) >= 11 is 1.58. The van der Waals surface area contributed by atoms with Crippen LogP contribution in [0.5, 0.6) is 0 Å². The van der Waals surface area contributed by atoms with E-state index < -0.39 is 0 Å². The SMILES string of the molecule is CCc1ccc(C(CNC(=O)/C=C/c2nc3ccccc3s2)N(C)C)cc1. The number of nitrogens with one attached hydrogen (secondary N) is 1. The second kappa shape index (κ2) is 8.93. The highest BCUT2D eigenvalue weighted by Gasteiger charge is 2.14. The van der Waals surface area contributed by atoms with Crippen LogP contribution >= 0.6 is 11.3 Å². The fourth-order valence-corrected chi connectivity index (χ4v) is 3.81. The van der Waals surface area contributed by atoms with E-state index in [4.69, 9.17) is 0 Å². The summed E-state index contributed by atoms with van der Waals surface area (Å²) in [4.78, 5) is 18.9.